The average Bonchev–Trinajstić information content (AvgIpc) is 2.89. The lowest BCUT2D eigenvalue weighted by molar-refractivity contribution is -0.384. The van der Waals surface area contributed by atoms with Crippen LogP contribution in [0.1, 0.15) is 20.7 Å². The van der Waals surface area contributed by atoms with Gasteiger partial charge >= 0.3 is 0 Å². The predicted molar refractivity (Wildman–Crippen MR) is 132 cm³/mol. The summed E-state index contributed by atoms with van der Waals surface area (Å²) in [5.74, 6) is -1.50. The zero-order valence-electron chi connectivity index (χ0n) is 18.9. The van der Waals surface area contributed by atoms with E-state index in [1.165, 1.54) is 66.7 Å². The van der Waals surface area contributed by atoms with Crippen LogP contribution in [0.4, 0.5) is 17.1 Å². The van der Waals surface area contributed by atoms with Crippen LogP contribution in [-0.2, 0) is 14.8 Å². The standard InChI is InChI=1S/C24H22N4O7S/c29-23(18-9-10-21(22(16-18)28(31)32)27-11-13-35-14-12-27)25-19-6-4-5-17(15-19)24(30)26-36(33,34)20-7-2-1-3-8-20/h1-10,15-16H,11-14H2,(H,25,29)(H,26,30). The molecule has 0 atom stereocenters. The number of nitrogens with zero attached hydrogens (tertiary/aromatic N) is 2. The molecular formula is C24H22N4O7S. The quantitative estimate of drug-likeness (QED) is 0.364. The molecular weight excluding hydrogens is 488 g/mol. The first-order valence-corrected chi connectivity index (χ1v) is 12.4. The highest BCUT2D eigenvalue weighted by Gasteiger charge is 2.24. The van der Waals surface area contributed by atoms with Crippen molar-refractivity contribution >= 4 is 38.9 Å². The summed E-state index contributed by atoms with van der Waals surface area (Å²) in [6.07, 6.45) is 0. The van der Waals surface area contributed by atoms with Gasteiger partial charge < -0.3 is 15.0 Å². The number of carbonyl (C=O) groups excluding carboxylic acids is 2. The minimum absolute atomic E-state index is 0.000882. The summed E-state index contributed by atoms with van der Waals surface area (Å²) in [7, 11) is -4.08. The summed E-state index contributed by atoms with van der Waals surface area (Å²) in [5, 5.41) is 14.2. The summed E-state index contributed by atoms with van der Waals surface area (Å²) < 4.78 is 32.1. The second kappa shape index (κ2) is 10.5. The van der Waals surface area contributed by atoms with Crippen molar-refractivity contribution in [2.24, 2.45) is 0 Å². The van der Waals surface area contributed by atoms with E-state index in [1.807, 2.05) is 9.62 Å². The first kappa shape index (κ1) is 24.8. The molecule has 0 bridgehead atoms. The van der Waals surface area contributed by atoms with Gasteiger partial charge in [0, 0.05) is 36.0 Å². The molecule has 0 aromatic heterocycles. The normalized spacial score (nSPS) is 13.6. The van der Waals surface area contributed by atoms with Crippen LogP contribution in [0.25, 0.3) is 0 Å². The fourth-order valence-corrected chi connectivity index (χ4v) is 4.66. The van der Waals surface area contributed by atoms with Gasteiger partial charge in [-0.1, -0.05) is 24.3 Å². The Morgan fingerprint density at radius 1 is 0.889 bits per heavy atom. The third kappa shape index (κ3) is 5.67. The van der Waals surface area contributed by atoms with E-state index in [0.29, 0.717) is 32.0 Å². The number of nitrogens with one attached hydrogen (secondary N) is 2. The monoisotopic (exact) mass is 510 g/mol. The number of benzene rings is 3. The lowest BCUT2D eigenvalue weighted by atomic mass is 10.1. The van der Waals surface area contributed by atoms with Crippen molar-refractivity contribution in [1.82, 2.24) is 4.72 Å². The number of nitro benzene ring substituents is 1. The highest BCUT2D eigenvalue weighted by molar-refractivity contribution is 7.90. The van der Waals surface area contributed by atoms with E-state index in [2.05, 4.69) is 5.32 Å². The zero-order chi connectivity index (χ0) is 25.7. The van der Waals surface area contributed by atoms with E-state index in [1.54, 1.807) is 6.07 Å². The second-order valence-electron chi connectivity index (χ2n) is 7.84. The summed E-state index contributed by atoms with van der Waals surface area (Å²) in [4.78, 5) is 38.2. The van der Waals surface area contributed by atoms with E-state index >= 15 is 0 Å². The Balaban J connectivity index is 1.50. The van der Waals surface area contributed by atoms with Gasteiger partial charge in [0.1, 0.15) is 5.69 Å². The minimum Gasteiger partial charge on any atom is -0.378 e. The molecule has 186 valence electrons. The molecule has 12 heteroatoms. The Morgan fingerprint density at radius 2 is 1.58 bits per heavy atom. The molecule has 1 aliphatic heterocycles. The molecule has 0 unspecified atom stereocenters. The van der Waals surface area contributed by atoms with Gasteiger partial charge in [-0.15, -0.1) is 0 Å². The van der Waals surface area contributed by atoms with Crippen LogP contribution in [0.2, 0.25) is 0 Å². The largest absolute Gasteiger partial charge is 0.378 e. The van der Waals surface area contributed by atoms with Gasteiger partial charge in [0.25, 0.3) is 27.5 Å². The summed E-state index contributed by atoms with van der Waals surface area (Å²) in [6, 6.07) is 17.3. The number of anilines is 2. The minimum atomic E-state index is -4.08. The summed E-state index contributed by atoms with van der Waals surface area (Å²) in [5.41, 5.74) is 0.466. The molecule has 0 saturated carbocycles. The van der Waals surface area contributed by atoms with E-state index in [9.17, 15) is 28.1 Å². The SMILES string of the molecule is O=C(Nc1cccc(C(=O)NS(=O)(=O)c2ccccc2)c1)c1ccc(N2CCOCC2)c([N+](=O)[O-])c1. The molecule has 3 aromatic carbocycles. The first-order valence-electron chi connectivity index (χ1n) is 10.9. The molecule has 1 fully saturated rings. The van der Waals surface area contributed by atoms with Crippen LogP contribution in [0, 0.1) is 10.1 Å². The number of amides is 2. The lowest BCUT2D eigenvalue weighted by Crippen LogP contribution is -2.36. The molecule has 1 saturated heterocycles. The number of morpholine rings is 1. The fourth-order valence-electron chi connectivity index (χ4n) is 3.66. The van der Waals surface area contributed by atoms with E-state index in [-0.39, 0.29) is 27.4 Å². The zero-order valence-corrected chi connectivity index (χ0v) is 19.7. The number of ether oxygens (including phenoxy) is 1. The highest BCUT2D eigenvalue weighted by atomic mass is 32.2. The molecule has 0 spiro atoms. The van der Waals surface area contributed by atoms with Crippen LogP contribution < -0.4 is 14.9 Å². The van der Waals surface area contributed by atoms with Crippen LogP contribution in [0.15, 0.2) is 77.7 Å². The molecule has 3 aromatic rings. The molecule has 2 N–H and O–H groups in total. The number of hydrogen-bond acceptors (Lipinski definition) is 8. The van der Waals surface area contributed by atoms with Crippen molar-refractivity contribution in [3.8, 4) is 0 Å². The van der Waals surface area contributed by atoms with Gasteiger partial charge in [0.05, 0.1) is 23.0 Å². The van der Waals surface area contributed by atoms with Gasteiger partial charge in [-0.05, 0) is 42.5 Å². The number of nitro groups is 1. The van der Waals surface area contributed by atoms with Crippen molar-refractivity contribution < 1.29 is 27.7 Å². The Kier molecular flexibility index (Phi) is 7.27. The maximum Gasteiger partial charge on any atom is 0.293 e. The van der Waals surface area contributed by atoms with Gasteiger partial charge in [-0.3, -0.25) is 19.7 Å². The first-order chi connectivity index (χ1) is 17.2. The Morgan fingerprint density at radius 3 is 2.28 bits per heavy atom. The van der Waals surface area contributed by atoms with Crippen molar-refractivity contribution in [3.05, 3.63) is 94.0 Å². The molecule has 1 aliphatic rings. The lowest BCUT2D eigenvalue weighted by Gasteiger charge is -2.28. The van der Waals surface area contributed by atoms with E-state index in [4.69, 9.17) is 4.74 Å². The number of hydrogen-bond donors (Lipinski definition) is 2. The maximum absolute atomic E-state index is 12.8. The summed E-state index contributed by atoms with van der Waals surface area (Å²) >= 11 is 0. The van der Waals surface area contributed by atoms with E-state index < -0.39 is 26.8 Å². The topological polar surface area (TPSA) is 148 Å². The van der Waals surface area contributed by atoms with Gasteiger partial charge in [-0.2, -0.15) is 0 Å². The van der Waals surface area contributed by atoms with Crippen LogP contribution in [0.3, 0.4) is 0 Å². The number of carbonyl (C=O) groups is 2. The van der Waals surface area contributed by atoms with Crippen molar-refractivity contribution in [3.63, 3.8) is 0 Å². The number of rotatable bonds is 7. The van der Waals surface area contributed by atoms with Crippen molar-refractivity contribution in [1.29, 1.82) is 0 Å². The Bertz CT molecular complexity index is 1400. The molecule has 36 heavy (non-hydrogen) atoms. The van der Waals surface area contributed by atoms with Crippen LogP contribution in [-0.4, -0.2) is 51.5 Å². The average molecular weight is 511 g/mol. The molecule has 0 aliphatic carbocycles. The Labute approximate surface area is 206 Å². The second-order valence-corrected chi connectivity index (χ2v) is 9.53. The third-order valence-electron chi connectivity index (χ3n) is 5.45. The smallest absolute Gasteiger partial charge is 0.293 e. The predicted octanol–water partition coefficient (Wildman–Crippen LogP) is 2.80. The van der Waals surface area contributed by atoms with Gasteiger partial charge in [-0.25, -0.2) is 13.1 Å². The van der Waals surface area contributed by atoms with Crippen LogP contribution >= 0.6 is 0 Å². The van der Waals surface area contributed by atoms with Crippen molar-refractivity contribution in [2.75, 3.05) is 36.5 Å². The molecule has 11 nitrogen and oxygen atoms in total. The summed E-state index contributed by atoms with van der Waals surface area (Å²) in [6.45, 7) is 1.91. The molecule has 1 heterocycles. The van der Waals surface area contributed by atoms with Gasteiger partial charge in [0.15, 0.2) is 0 Å². The fraction of sp³-hybridized carbons (Fsp3) is 0.167. The van der Waals surface area contributed by atoms with E-state index in [0.717, 1.165) is 0 Å². The molecule has 0 radical (unpaired) electrons. The van der Waals surface area contributed by atoms with Gasteiger partial charge in [0.2, 0.25) is 0 Å². The molecule has 4 rings (SSSR count). The van der Waals surface area contributed by atoms with Crippen molar-refractivity contribution in [2.45, 2.75) is 4.90 Å². The highest BCUT2D eigenvalue weighted by Crippen LogP contribution is 2.30. The van der Waals surface area contributed by atoms with Crippen LogP contribution in [0.5, 0.6) is 0 Å². The third-order valence-corrected chi connectivity index (χ3v) is 6.80. The number of sulfonamides is 1. The maximum atomic E-state index is 12.8. The molecule has 2 amide bonds. The Hall–Kier alpha value is -4.29.